The Morgan fingerprint density at radius 2 is 2.42 bits per heavy atom. The summed E-state index contributed by atoms with van der Waals surface area (Å²) >= 11 is 6.11. The Bertz CT molecular complexity index is 563. The summed E-state index contributed by atoms with van der Waals surface area (Å²) < 4.78 is 11.3. The highest BCUT2D eigenvalue weighted by molar-refractivity contribution is 6.30. The third kappa shape index (κ3) is 4.28. The molecule has 2 fully saturated rings. The standard InChI is InChI=1S/C18H25ClN2O3/c1-13(24-12-16-6-3-9-23-16)18(22)21-8-7-20-11-17(21)14-4-2-5-15(19)10-14/h2,4-5,10,13,16-17,20H,3,6-9,11-12H2,1H3. The molecule has 0 saturated carbocycles. The molecular formula is C18H25ClN2O3. The molecule has 1 aromatic carbocycles. The molecule has 24 heavy (non-hydrogen) atoms. The van der Waals surface area contributed by atoms with Gasteiger partial charge in [0.15, 0.2) is 0 Å². The predicted molar refractivity (Wildman–Crippen MR) is 93.2 cm³/mol. The van der Waals surface area contributed by atoms with Crippen LogP contribution in [0.3, 0.4) is 0 Å². The number of hydrogen-bond acceptors (Lipinski definition) is 4. The normalized spacial score (nSPS) is 25.7. The number of nitrogens with one attached hydrogen (secondary N) is 1. The highest BCUT2D eigenvalue weighted by Gasteiger charge is 2.31. The lowest BCUT2D eigenvalue weighted by atomic mass is 10.0. The summed E-state index contributed by atoms with van der Waals surface area (Å²) in [5.74, 6) is 0.0273. The van der Waals surface area contributed by atoms with Gasteiger partial charge in [-0.2, -0.15) is 0 Å². The van der Waals surface area contributed by atoms with Crippen molar-refractivity contribution in [1.82, 2.24) is 10.2 Å². The molecule has 0 spiro atoms. The van der Waals surface area contributed by atoms with Crippen LogP contribution in [-0.2, 0) is 14.3 Å². The average Bonchev–Trinajstić information content (AvgIpc) is 3.12. The molecule has 0 radical (unpaired) electrons. The molecule has 2 aliphatic rings. The van der Waals surface area contributed by atoms with E-state index in [1.165, 1.54) is 0 Å². The molecular weight excluding hydrogens is 328 g/mol. The summed E-state index contributed by atoms with van der Waals surface area (Å²) in [5, 5.41) is 4.04. The second-order valence-electron chi connectivity index (χ2n) is 6.42. The summed E-state index contributed by atoms with van der Waals surface area (Å²) in [4.78, 5) is 14.8. The van der Waals surface area contributed by atoms with Crippen LogP contribution in [0.4, 0.5) is 0 Å². The molecule has 5 nitrogen and oxygen atoms in total. The molecule has 1 aromatic rings. The molecule has 0 aromatic heterocycles. The molecule has 0 aliphatic carbocycles. The molecule has 132 valence electrons. The van der Waals surface area contributed by atoms with Gasteiger partial charge in [0.05, 0.1) is 18.8 Å². The summed E-state index contributed by atoms with van der Waals surface area (Å²) in [7, 11) is 0. The second-order valence-corrected chi connectivity index (χ2v) is 6.85. The third-order valence-electron chi connectivity index (χ3n) is 4.66. The summed E-state index contributed by atoms with van der Waals surface area (Å²) in [6.45, 7) is 5.30. The molecule has 3 rings (SSSR count). The van der Waals surface area contributed by atoms with E-state index in [9.17, 15) is 4.79 Å². The van der Waals surface area contributed by atoms with Crippen LogP contribution >= 0.6 is 11.6 Å². The molecule has 3 unspecified atom stereocenters. The summed E-state index contributed by atoms with van der Waals surface area (Å²) in [5.41, 5.74) is 1.05. The van der Waals surface area contributed by atoms with E-state index < -0.39 is 6.10 Å². The largest absolute Gasteiger partial charge is 0.376 e. The maximum absolute atomic E-state index is 12.9. The topological polar surface area (TPSA) is 50.8 Å². The van der Waals surface area contributed by atoms with Crippen molar-refractivity contribution in [3.8, 4) is 0 Å². The number of ether oxygens (including phenoxy) is 2. The minimum absolute atomic E-state index is 0.0151. The lowest BCUT2D eigenvalue weighted by Crippen LogP contribution is -2.51. The molecule has 6 heteroatoms. The van der Waals surface area contributed by atoms with Crippen molar-refractivity contribution in [3.63, 3.8) is 0 Å². The van der Waals surface area contributed by atoms with Crippen molar-refractivity contribution in [2.24, 2.45) is 0 Å². The van der Waals surface area contributed by atoms with Gasteiger partial charge in [-0.25, -0.2) is 0 Å². The van der Waals surface area contributed by atoms with E-state index in [4.69, 9.17) is 21.1 Å². The average molecular weight is 353 g/mol. The van der Waals surface area contributed by atoms with Gasteiger partial charge in [0.1, 0.15) is 6.10 Å². The van der Waals surface area contributed by atoms with Crippen LogP contribution in [0.1, 0.15) is 31.4 Å². The van der Waals surface area contributed by atoms with E-state index in [1.54, 1.807) is 0 Å². The highest BCUT2D eigenvalue weighted by atomic mass is 35.5. The van der Waals surface area contributed by atoms with E-state index in [1.807, 2.05) is 36.1 Å². The Morgan fingerprint density at radius 3 is 3.17 bits per heavy atom. The zero-order valence-electron chi connectivity index (χ0n) is 14.0. The lowest BCUT2D eigenvalue weighted by molar-refractivity contribution is -0.148. The Hall–Kier alpha value is -1.14. The number of carbonyl (C=O) groups excluding carboxylic acids is 1. The van der Waals surface area contributed by atoms with Crippen LogP contribution in [0, 0.1) is 0 Å². The zero-order valence-corrected chi connectivity index (χ0v) is 14.8. The lowest BCUT2D eigenvalue weighted by Gasteiger charge is -2.38. The Balaban J connectivity index is 1.64. The van der Waals surface area contributed by atoms with Gasteiger partial charge < -0.3 is 19.7 Å². The third-order valence-corrected chi connectivity index (χ3v) is 4.90. The Kier molecular flexibility index (Phi) is 6.11. The van der Waals surface area contributed by atoms with Gasteiger partial charge in [-0.05, 0) is 37.5 Å². The minimum atomic E-state index is -0.464. The fourth-order valence-electron chi connectivity index (χ4n) is 3.31. The number of carbonyl (C=O) groups is 1. The maximum Gasteiger partial charge on any atom is 0.252 e. The maximum atomic E-state index is 12.9. The van der Waals surface area contributed by atoms with E-state index in [0.717, 1.165) is 38.1 Å². The first-order chi connectivity index (χ1) is 11.6. The fourth-order valence-corrected chi connectivity index (χ4v) is 3.51. The van der Waals surface area contributed by atoms with Crippen molar-refractivity contribution >= 4 is 17.5 Å². The SMILES string of the molecule is CC(OCC1CCCO1)C(=O)N1CCNCC1c1cccc(Cl)c1. The van der Waals surface area contributed by atoms with Crippen LogP contribution in [0.2, 0.25) is 5.02 Å². The second kappa shape index (κ2) is 8.30. The van der Waals surface area contributed by atoms with Crippen molar-refractivity contribution in [2.75, 3.05) is 32.8 Å². The smallest absolute Gasteiger partial charge is 0.252 e. The molecule has 3 atom stereocenters. The van der Waals surface area contributed by atoms with Gasteiger partial charge in [-0.15, -0.1) is 0 Å². The van der Waals surface area contributed by atoms with Crippen LogP contribution in [0.5, 0.6) is 0 Å². The van der Waals surface area contributed by atoms with Gasteiger partial charge in [0.2, 0.25) is 0 Å². The molecule has 2 heterocycles. The number of hydrogen-bond donors (Lipinski definition) is 1. The summed E-state index contributed by atoms with van der Waals surface area (Å²) in [6.07, 6.45) is 1.76. The van der Waals surface area contributed by atoms with Crippen LogP contribution in [0.25, 0.3) is 0 Å². The number of nitrogens with zero attached hydrogens (tertiary/aromatic N) is 1. The summed E-state index contributed by atoms with van der Waals surface area (Å²) in [6, 6.07) is 7.70. The number of halogens is 1. The van der Waals surface area contributed by atoms with E-state index in [2.05, 4.69) is 5.32 Å². The quantitative estimate of drug-likeness (QED) is 0.884. The van der Waals surface area contributed by atoms with Gasteiger partial charge in [-0.3, -0.25) is 4.79 Å². The van der Waals surface area contributed by atoms with E-state index >= 15 is 0 Å². The van der Waals surface area contributed by atoms with Crippen molar-refractivity contribution in [2.45, 2.75) is 38.0 Å². The van der Waals surface area contributed by atoms with Gasteiger partial charge >= 0.3 is 0 Å². The zero-order chi connectivity index (χ0) is 16.9. The minimum Gasteiger partial charge on any atom is -0.376 e. The van der Waals surface area contributed by atoms with Gasteiger partial charge in [-0.1, -0.05) is 23.7 Å². The van der Waals surface area contributed by atoms with Crippen molar-refractivity contribution < 1.29 is 14.3 Å². The first-order valence-corrected chi connectivity index (χ1v) is 9.03. The molecule has 1 amide bonds. The predicted octanol–water partition coefficient (Wildman–Crippen LogP) is 2.40. The molecule has 0 bridgehead atoms. The first-order valence-electron chi connectivity index (χ1n) is 8.65. The van der Waals surface area contributed by atoms with E-state index in [-0.39, 0.29) is 18.1 Å². The monoisotopic (exact) mass is 352 g/mol. The van der Waals surface area contributed by atoms with Crippen molar-refractivity contribution in [1.29, 1.82) is 0 Å². The van der Waals surface area contributed by atoms with Crippen LogP contribution < -0.4 is 5.32 Å². The number of amides is 1. The highest BCUT2D eigenvalue weighted by Crippen LogP contribution is 2.25. The fraction of sp³-hybridized carbons (Fsp3) is 0.611. The Morgan fingerprint density at radius 1 is 1.54 bits per heavy atom. The van der Waals surface area contributed by atoms with Crippen molar-refractivity contribution in [3.05, 3.63) is 34.9 Å². The number of benzene rings is 1. The Labute approximate surface area is 148 Å². The van der Waals surface area contributed by atoms with Crippen LogP contribution in [0.15, 0.2) is 24.3 Å². The van der Waals surface area contributed by atoms with Gasteiger partial charge in [0, 0.05) is 31.3 Å². The first kappa shape index (κ1) is 17.7. The van der Waals surface area contributed by atoms with E-state index in [0.29, 0.717) is 18.2 Å². The number of piperazine rings is 1. The van der Waals surface area contributed by atoms with Gasteiger partial charge in [0.25, 0.3) is 5.91 Å². The molecule has 1 N–H and O–H groups in total. The van der Waals surface area contributed by atoms with Crippen LogP contribution in [-0.4, -0.2) is 55.9 Å². The number of rotatable bonds is 5. The molecule has 2 saturated heterocycles. The molecule has 2 aliphatic heterocycles.